The first-order chi connectivity index (χ1) is 27.0. The van der Waals surface area contributed by atoms with Crippen molar-refractivity contribution < 1.29 is 22.2 Å². The van der Waals surface area contributed by atoms with Gasteiger partial charge in [-0.15, -0.1) is 0 Å². The molecule has 5 heterocycles. The van der Waals surface area contributed by atoms with Crippen LogP contribution in [0.15, 0.2) is 88.0 Å². The fraction of sp³-hybridized carbons (Fsp3) is 0.250. The second kappa shape index (κ2) is 16.1. The second-order valence-electron chi connectivity index (χ2n) is 12.6. The quantitative estimate of drug-likeness (QED) is 0.165. The number of pyridine rings is 1. The number of halogens is 3. The molecule has 286 valence electrons. The number of hydrogen-bond donors (Lipinski definition) is 2. The van der Waals surface area contributed by atoms with Crippen LogP contribution in [0.2, 0.25) is 0 Å². The average Bonchev–Trinajstić information content (AvgIpc) is 3.93. The molecule has 8 rings (SSSR count). The summed E-state index contributed by atoms with van der Waals surface area (Å²) in [6.07, 6.45) is 2.31. The molecule has 56 heavy (non-hydrogen) atoms. The van der Waals surface area contributed by atoms with Crippen molar-refractivity contribution in [3.05, 3.63) is 90.6 Å². The molecule has 0 atom stereocenters. The lowest BCUT2D eigenvalue weighted by Gasteiger charge is -2.17. The van der Waals surface area contributed by atoms with Gasteiger partial charge in [0.15, 0.2) is 0 Å². The van der Waals surface area contributed by atoms with Crippen LogP contribution in [0.4, 0.5) is 48.3 Å². The molecule has 1 fully saturated rings. The van der Waals surface area contributed by atoms with E-state index in [0.717, 1.165) is 36.5 Å². The highest BCUT2D eigenvalue weighted by Gasteiger charge is 2.32. The highest BCUT2D eigenvalue weighted by Crippen LogP contribution is 2.33. The number of nitrogens with two attached hydrogens (primary N) is 2. The lowest BCUT2D eigenvalue weighted by molar-refractivity contribution is -0.141. The van der Waals surface area contributed by atoms with Crippen LogP contribution in [0, 0.1) is 0 Å². The zero-order valence-corrected chi connectivity index (χ0v) is 30.0. The minimum Gasteiger partial charge on any atom is -0.368 e. The van der Waals surface area contributed by atoms with E-state index in [1.165, 1.54) is 25.3 Å². The predicted octanol–water partition coefficient (Wildman–Crippen LogP) is 6.67. The maximum atomic E-state index is 12.7. The van der Waals surface area contributed by atoms with E-state index in [4.69, 9.17) is 20.5 Å². The number of anilines is 6. The Morgan fingerprint density at radius 2 is 1.14 bits per heavy atom. The first kappa shape index (κ1) is 37.2. The predicted molar refractivity (Wildman–Crippen MR) is 198 cm³/mol. The van der Waals surface area contributed by atoms with Gasteiger partial charge in [-0.25, -0.2) is 0 Å². The van der Waals surface area contributed by atoms with Crippen molar-refractivity contribution >= 4 is 35.2 Å². The van der Waals surface area contributed by atoms with Gasteiger partial charge in [0.05, 0.1) is 5.56 Å². The Morgan fingerprint density at radius 1 is 0.607 bits per heavy atom. The first-order valence-electron chi connectivity index (χ1n) is 17.3. The second-order valence-corrected chi connectivity index (χ2v) is 12.6. The maximum absolute atomic E-state index is 12.7. The van der Waals surface area contributed by atoms with E-state index < -0.39 is 11.9 Å². The highest BCUT2D eigenvalue weighted by molar-refractivity contribution is 5.61. The summed E-state index contributed by atoms with van der Waals surface area (Å²) in [6.45, 7) is 0. The molecule has 1 aliphatic carbocycles. The number of benzene rings is 2. The Balaban J connectivity index is 0.000000173. The van der Waals surface area contributed by atoms with Crippen LogP contribution in [-0.2, 0) is 6.18 Å². The van der Waals surface area contributed by atoms with Crippen molar-refractivity contribution in [2.24, 2.45) is 0 Å². The van der Waals surface area contributed by atoms with Gasteiger partial charge in [-0.05, 0) is 49.2 Å². The SMILES string of the molecule is CN(c1ccccc1)c1nc(N)nc(-c2noc(-c3ccc(C(F)(F)F)nc3)n2)n1.CN(c1ccccc1)c1nc(N)nc(-c2noc(C3CCCCC3)n2)n1. The molecule has 2 aromatic carbocycles. The Labute approximate surface area is 317 Å². The lowest BCUT2D eigenvalue weighted by Crippen LogP contribution is -2.15. The monoisotopic (exact) mass is 765 g/mol. The summed E-state index contributed by atoms with van der Waals surface area (Å²) in [6, 6.07) is 21.1. The number of rotatable bonds is 8. The van der Waals surface area contributed by atoms with E-state index in [-0.39, 0.29) is 40.9 Å². The standard InChI is InChI=1S/C18H13F3N8O.C18H21N7O/c1-29(11-5-3-2-4-6-11)17-26-13(25-16(22)27-17)14-24-15(30-28-14)10-7-8-12(23-9-10)18(19,20)21;1-25(13-10-6-3-7-11-13)18-22-14(21-17(19)23-18)15-20-16(26-24-15)12-8-4-2-5-9-12/h2-9H,1H3,(H2,22,25,26,27);3,6-7,10-12H,2,4-5,8-9H2,1H3,(H2,19,21,22,23). The number of nitrogens with zero attached hydrogens (tertiary/aromatic N) is 13. The number of alkyl halides is 3. The van der Waals surface area contributed by atoms with Crippen LogP contribution in [0.3, 0.4) is 0 Å². The molecule has 20 heteroatoms. The van der Waals surface area contributed by atoms with E-state index in [0.29, 0.717) is 29.4 Å². The third-order valence-electron chi connectivity index (χ3n) is 8.69. The van der Waals surface area contributed by atoms with E-state index in [2.05, 4.69) is 55.2 Å². The molecule has 0 aliphatic heterocycles. The van der Waals surface area contributed by atoms with Crippen LogP contribution < -0.4 is 21.3 Å². The van der Waals surface area contributed by atoms with Crippen molar-refractivity contribution in [1.82, 2.24) is 55.2 Å². The molecule has 5 aromatic heterocycles. The fourth-order valence-corrected chi connectivity index (χ4v) is 5.76. The van der Waals surface area contributed by atoms with Gasteiger partial charge in [0.1, 0.15) is 5.69 Å². The molecule has 7 aromatic rings. The Bertz CT molecular complexity index is 2370. The van der Waals surface area contributed by atoms with Gasteiger partial charge in [-0.2, -0.15) is 53.0 Å². The topological polar surface area (TPSA) is 227 Å². The summed E-state index contributed by atoms with van der Waals surface area (Å²) in [5.74, 6) is 2.43. The van der Waals surface area contributed by atoms with Crippen molar-refractivity contribution in [2.75, 3.05) is 35.4 Å². The number of aromatic nitrogens is 11. The summed E-state index contributed by atoms with van der Waals surface area (Å²) in [5.41, 5.74) is 12.6. The smallest absolute Gasteiger partial charge is 0.368 e. The first-order valence-corrected chi connectivity index (χ1v) is 17.3. The molecule has 0 unspecified atom stereocenters. The summed E-state index contributed by atoms with van der Waals surface area (Å²) >= 11 is 0. The largest absolute Gasteiger partial charge is 0.433 e. The van der Waals surface area contributed by atoms with Crippen molar-refractivity contribution in [3.8, 4) is 34.8 Å². The third-order valence-corrected chi connectivity index (χ3v) is 8.69. The Kier molecular flexibility index (Phi) is 10.7. The Morgan fingerprint density at radius 3 is 1.66 bits per heavy atom. The molecule has 17 nitrogen and oxygen atoms in total. The van der Waals surface area contributed by atoms with Crippen molar-refractivity contribution in [1.29, 1.82) is 0 Å². The van der Waals surface area contributed by atoms with Crippen LogP contribution in [0.25, 0.3) is 34.8 Å². The summed E-state index contributed by atoms with van der Waals surface area (Å²) < 4.78 is 48.6. The molecular formula is C36H34F3N15O2. The molecule has 4 N–H and O–H groups in total. The molecule has 1 aliphatic rings. The number of para-hydroxylation sites is 2. The summed E-state index contributed by atoms with van der Waals surface area (Å²) in [5, 5.41) is 7.85. The summed E-state index contributed by atoms with van der Waals surface area (Å²) in [7, 11) is 3.63. The van der Waals surface area contributed by atoms with Gasteiger partial charge >= 0.3 is 6.18 Å². The van der Waals surface area contributed by atoms with Gasteiger partial charge < -0.3 is 30.3 Å². The Hall–Kier alpha value is -7.12. The van der Waals surface area contributed by atoms with E-state index in [1.807, 2.05) is 72.6 Å². The fourth-order valence-electron chi connectivity index (χ4n) is 5.76. The van der Waals surface area contributed by atoms with Gasteiger partial charge in [0.25, 0.3) is 5.89 Å². The molecule has 1 saturated carbocycles. The lowest BCUT2D eigenvalue weighted by atomic mass is 9.89. The van der Waals surface area contributed by atoms with Crippen LogP contribution >= 0.6 is 0 Å². The van der Waals surface area contributed by atoms with E-state index in [9.17, 15) is 13.2 Å². The molecular weight excluding hydrogens is 731 g/mol. The highest BCUT2D eigenvalue weighted by atomic mass is 19.4. The normalized spacial score (nSPS) is 13.2. The molecule has 0 amide bonds. The van der Waals surface area contributed by atoms with E-state index in [1.54, 1.807) is 11.9 Å². The van der Waals surface area contributed by atoms with E-state index >= 15 is 0 Å². The maximum Gasteiger partial charge on any atom is 0.433 e. The van der Waals surface area contributed by atoms with Gasteiger partial charge in [0.2, 0.25) is 53.0 Å². The zero-order chi connectivity index (χ0) is 39.2. The van der Waals surface area contributed by atoms with Gasteiger partial charge in [-0.1, -0.05) is 66.0 Å². The molecule has 0 radical (unpaired) electrons. The number of nitrogen functional groups attached to an aromatic ring is 2. The van der Waals surface area contributed by atoms with Crippen LogP contribution in [0.1, 0.15) is 49.6 Å². The summed E-state index contributed by atoms with van der Waals surface area (Å²) in [4.78, 5) is 40.9. The van der Waals surface area contributed by atoms with Gasteiger partial charge in [0, 0.05) is 37.6 Å². The molecule has 0 spiro atoms. The minimum atomic E-state index is -4.54. The van der Waals surface area contributed by atoms with Crippen molar-refractivity contribution in [2.45, 2.75) is 44.2 Å². The third kappa shape index (κ3) is 8.64. The minimum absolute atomic E-state index is 0.00158. The average molecular weight is 766 g/mol. The number of hydrogen-bond acceptors (Lipinski definition) is 17. The van der Waals surface area contributed by atoms with Crippen LogP contribution in [0.5, 0.6) is 0 Å². The molecule has 0 bridgehead atoms. The zero-order valence-electron chi connectivity index (χ0n) is 30.0. The van der Waals surface area contributed by atoms with Gasteiger partial charge in [-0.3, -0.25) is 4.98 Å². The van der Waals surface area contributed by atoms with Crippen molar-refractivity contribution in [3.63, 3.8) is 0 Å². The van der Waals surface area contributed by atoms with Crippen LogP contribution in [-0.4, -0.2) is 69.3 Å². The molecule has 0 saturated heterocycles.